The zero-order valence-corrected chi connectivity index (χ0v) is 12.6. The van der Waals surface area contributed by atoms with Crippen LogP contribution < -0.4 is 0 Å². The summed E-state index contributed by atoms with van der Waals surface area (Å²) in [5.41, 5.74) is 0.817. The van der Waals surface area contributed by atoms with Crippen LogP contribution in [0, 0.1) is 31.0 Å². The van der Waals surface area contributed by atoms with E-state index in [1.54, 1.807) is 25.8 Å². The highest BCUT2D eigenvalue weighted by molar-refractivity contribution is 6.20. The fourth-order valence-corrected chi connectivity index (χ4v) is 1.81. The number of nitrogens with zero attached hydrogens (tertiary/aromatic N) is 8. The Hall–Kier alpha value is -4.32. The average Bonchev–Trinajstić information content (AvgIpc) is 3.10. The molecule has 0 atom stereocenters. The van der Waals surface area contributed by atoms with Gasteiger partial charge < -0.3 is 15.7 Å². The largest absolute Gasteiger partial charge is 0.763 e. The number of allylic oxidation sites excluding steroid dienone is 3. The first-order chi connectivity index (χ1) is 11.5. The van der Waals surface area contributed by atoms with Gasteiger partial charge in [0.2, 0.25) is 11.5 Å². The Morgan fingerprint density at radius 3 is 1.96 bits per heavy atom. The summed E-state index contributed by atoms with van der Waals surface area (Å²) in [4.78, 5) is 16.7. The van der Waals surface area contributed by atoms with Crippen LogP contribution >= 0.6 is 0 Å². The molecule has 0 fully saturated rings. The topological polar surface area (TPSA) is 106 Å². The molecule has 1 heterocycles. The van der Waals surface area contributed by atoms with E-state index in [-0.39, 0.29) is 34.1 Å². The van der Waals surface area contributed by atoms with Gasteiger partial charge in [-0.1, -0.05) is 6.57 Å². The Bertz CT molecular complexity index is 1010. The van der Waals surface area contributed by atoms with Crippen molar-refractivity contribution in [2.24, 2.45) is 9.98 Å². The first-order valence-corrected chi connectivity index (χ1v) is 6.16. The maximum atomic E-state index is 8.75. The Morgan fingerprint density at radius 2 is 1.58 bits per heavy atom. The van der Waals surface area contributed by atoms with E-state index in [1.165, 1.54) is 0 Å². The second-order valence-corrected chi connectivity index (χ2v) is 4.19. The van der Waals surface area contributed by atoms with Gasteiger partial charge in [0.15, 0.2) is 5.70 Å². The van der Waals surface area contributed by atoms with Crippen molar-refractivity contribution in [3.63, 3.8) is 0 Å². The summed E-state index contributed by atoms with van der Waals surface area (Å²) >= 11 is 0. The molecule has 0 N–H and O–H groups in total. The van der Waals surface area contributed by atoms with Gasteiger partial charge in [0.05, 0.1) is 24.8 Å². The van der Waals surface area contributed by atoms with Crippen molar-refractivity contribution in [1.82, 2.24) is 0 Å². The van der Waals surface area contributed by atoms with Crippen LogP contribution in [0.3, 0.4) is 0 Å². The maximum Gasteiger partial charge on any atom is 0.303 e. The van der Waals surface area contributed by atoms with Crippen LogP contribution in [0.1, 0.15) is 13.8 Å². The van der Waals surface area contributed by atoms with Gasteiger partial charge in [-0.25, -0.2) is 14.7 Å². The number of rotatable bonds is 0. The van der Waals surface area contributed by atoms with Crippen molar-refractivity contribution >= 4 is 23.4 Å². The lowest BCUT2D eigenvalue weighted by Crippen LogP contribution is -1.88. The fourth-order valence-electron chi connectivity index (χ4n) is 1.81. The molecule has 1 aliphatic heterocycles. The lowest BCUT2D eigenvalue weighted by Gasteiger charge is -1.98. The first-order valence-electron chi connectivity index (χ1n) is 6.16. The standard InChI is InChI=1S/C10H3N4.C6H3N4/c1-6-7(4-11)8(5-12)10(14-3)9(6)13-2;1-4-9-5(3-7)6(8-2)10-4/h1H3;1H3/q2*-1. The molecule has 0 saturated carbocycles. The maximum absolute atomic E-state index is 8.75. The molecule has 2 rings (SSSR count). The van der Waals surface area contributed by atoms with Crippen molar-refractivity contribution in [3.8, 4) is 6.07 Å². The van der Waals surface area contributed by atoms with Crippen LogP contribution in [0.15, 0.2) is 43.8 Å². The SMILES string of the molecule is [C-]#[N+]C1=C(C)C(=C=[N-])C(C#N)=C1[N+]#[C-].[C-]#[N+]C1=NC(C)=NC1=C=[N-]. The van der Waals surface area contributed by atoms with Crippen molar-refractivity contribution in [3.05, 3.63) is 78.9 Å². The molecule has 1 aliphatic carbocycles. The summed E-state index contributed by atoms with van der Waals surface area (Å²) < 4.78 is 0. The van der Waals surface area contributed by atoms with E-state index in [0.29, 0.717) is 11.4 Å². The van der Waals surface area contributed by atoms with Crippen LogP contribution in [0.2, 0.25) is 0 Å². The van der Waals surface area contributed by atoms with Crippen molar-refractivity contribution < 1.29 is 0 Å². The molecule has 0 saturated heterocycles. The van der Waals surface area contributed by atoms with Gasteiger partial charge >= 0.3 is 5.84 Å². The van der Waals surface area contributed by atoms with Gasteiger partial charge in [0, 0.05) is 6.92 Å². The first kappa shape index (κ1) is 17.7. The number of hydrogen-bond donors (Lipinski definition) is 0. The lowest BCUT2D eigenvalue weighted by atomic mass is 10.1. The average molecular weight is 310 g/mol. The fraction of sp³-hybridized carbons (Fsp3) is 0.125. The van der Waals surface area contributed by atoms with Crippen LogP contribution in [0.25, 0.3) is 25.4 Å². The van der Waals surface area contributed by atoms with Crippen LogP contribution in [-0.2, 0) is 0 Å². The van der Waals surface area contributed by atoms with Gasteiger partial charge in [-0.2, -0.15) is 5.26 Å². The molecule has 0 aromatic carbocycles. The molecule has 2 aliphatic rings. The molecule has 0 radical (unpaired) electrons. The van der Waals surface area contributed by atoms with E-state index in [4.69, 9.17) is 35.8 Å². The van der Waals surface area contributed by atoms with E-state index in [1.807, 2.05) is 5.87 Å². The van der Waals surface area contributed by atoms with Gasteiger partial charge in [0.25, 0.3) is 0 Å². The second-order valence-electron chi connectivity index (χ2n) is 4.19. The number of nitriles is 1. The van der Waals surface area contributed by atoms with Gasteiger partial charge in [-0.05, 0) is 18.1 Å². The second kappa shape index (κ2) is 7.62. The Morgan fingerprint density at radius 1 is 0.958 bits per heavy atom. The Kier molecular flexibility index (Phi) is 5.63. The molecule has 0 spiro atoms. The molecule has 0 aromatic rings. The summed E-state index contributed by atoms with van der Waals surface area (Å²) in [6, 6.07) is 1.78. The van der Waals surface area contributed by atoms with Crippen LogP contribution in [0.4, 0.5) is 0 Å². The highest BCUT2D eigenvalue weighted by atomic mass is 15.1. The van der Waals surface area contributed by atoms with Crippen molar-refractivity contribution in [2.75, 3.05) is 0 Å². The molecular formula is C16H6N8-2. The van der Waals surface area contributed by atoms with Crippen molar-refractivity contribution in [1.29, 1.82) is 5.26 Å². The summed E-state index contributed by atoms with van der Waals surface area (Å²) in [5.74, 6) is 4.19. The predicted molar refractivity (Wildman–Crippen MR) is 89.4 cm³/mol. The van der Waals surface area contributed by atoms with Gasteiger partial charge in [0.1, 0.15) is 5.70 Å². The number of amidine groups is 2. The van der Waals surface area contributed by atoms with Gasteiger partial charge in [-0.3, -0.25) is 11.7 Å². The lowest BCUT2D eigenvalue weighted by molar-refractivity contribution is 1.42. The molecule has 0 unspecified atom stereocenters. The zero-order chi connectivity index (χ0) is 18.3. The predicted octanol–water partition coefficient (Wildman–Crippen LogP) is 2.91. The minimum absolute atomic E-state index is 0.00319. The zero-order valence-electron chi connectivity index (χ0n) is 12.6. The molecule has 0 amide bonds. The molecule has 8 nitrogen and oxygen atoms in total. The summed E-state index contributed by atoms with van der Waals surface area (Å²) in [6.07, 6.45) is 0. The molecule has 0 aromatic heterocycles. The smallest absolute Gasteiger partial charge is 0.303 e. The normalized spacial score (nSPS) is 14.9. The van der Waals surface area contributed by atoms with E-state index >= 15 is 0 Å². The molecule has 24 heavy (non-hydrogen) atoms. The van der Waals surface area contributed by atoms with Gasteiger partial charge in [-0.15, -0.1) is 4.99 Å². The van der Waals surface area contributed by atoms with Crippen LogP contribution in [0.5, 0.6) is 0 Å². The molecular weight excluding hydrogens is 304 g/mol. The third kappa shape index (κ3) is 3.12. The molecule has 112 valence electrons. The minimum atomic E-state index is -0.00319. The Labute approximate surface area is 138 Å². The highest BCUT2D eigenvalue weighted by Gasteiger charge is 2.26. The summed E-state index contributed by atoms with van der Waals surface area (Å²) in [5, 5.41) is 25.9. The molecule has 8 heteroatoms. The van der Waals surface area contributed by atoms with Crippen LogP contribution in [-0.4, -0.2) is 23.4 Å². The Balaban J connectivity index is 0.000000254. The van der Waals surface area contributed by atoms with E-state index in [0.717, 1.165) is 0 Å². The minimum Gasteiger partial charge on any atom is -0.763 e. The van der Waals surface area contributed by atoms with E-state index in [2.05, 4.69) is 24.5 Å². The monoisotopic (exact) mass is 310 g/mol. The van der Waals surface area contributed by atoms with Crippen molar-refractivity contribution in [2.45, 2.75) is 13.8 Å². The molecule has 0 bridgehead atoms. The number of hydrogen-bond acceptors (Lipinski definition) is 3. The van der Waals surface area contributed by atoms with E-state index in [9.17, 15) is 0 Å². The summed E-state index contributed by atoms with van der Waals surface area (Å²) in [7, 11) is 0. The highest BCUT2D eigenvalue weighted by Crippen LogP contribution is 2.36. The van der Waals surface area contributed by atoms with E-state index < -0.39 is 0 Å². The quantitative estimate of drug-likeness (QED) is 0.498. The third-order valence-corrected chi connectivity index (χ3v) is 2.85. The third-order valence-electron chi connectivity index (χ3n) is 2.85. The summed E-state index contributed by atoms with van der Waals surface area (Å²) in [6.45, 7) is 23.5. The number of aliphatic imine (C=N–C) groups is 2.